The van der Waals surface area contributed by atoms with E-state index in [1.54, 1.807) is 0 Å². The van der Waals surface area contributed by atoms with Crippen molar-refractivity contribution in [3.05, 3.63) is 130 Å². The predicted molar refractivity (Wildman–Crippen MR) is 172 cm³/mol. The van der Waals surface area contributed by atoms with Crippen molar-refractivity contribution in [3.63, 3.8) is 0 Å². The highest BCUT2D eigenvalue weighted by Crippen LogP contribution is 2.36. The van der Waals surface area contributed by atoms with Gasteiger partial charge in [0.1, 0.15) is 12.1 Å². The Hall–Kier alpha value is -4.02. The van der Waals surface area contributed by atoms with E-state index in [0.29, 0.717) is 41.8 Å². The van der Waals surface area contributed by atoms with E-state index in [1.165, 1.54) is 34.9 Å². The van der Waals surface area contributed by atoms with Crippen molar-refractivity contribution in [2.24, 2.45) is 0 Å². The van der Waals surface area contributed by atoms with Crippen LogP contribution in [0, 0.1) is 0 Å². The molecule has 0 amide bonds. The van der Waals surface area contributed by atoms with Gasteiger partial charge in [0.25, 0.3) is 0 Å². The number of halogens is 2. The number of aromatic nitrogens is 2. The first-order chi connectivity index (χ1) is 21.2. The van der Waals surface area contributed by atoms with E-state index < -0.39 is 16.0 Å². The van der Waals surface area contributed by atoms with E-state index in [0.717, 1.165) is 27.6 Å². The molecule has 2 heterocycles. The second kappa shape index (κ2) is 12.5. The standard InChI is InChI=1S/C33H28Cl2N4O4S/c34-25-9-4-21(5-10-25)31(22-6-11-26(35)12-7-22)23-8-13-30-29(19-23)32(37-20-36-30)38-27-14-16-39(17-15-27)44(42,43)28-3-1-2-24(18-28)33(40)41/h1-13,18-20,27,31H,14-17H2,(H,40,41)(H,36,37,38). The number of carbonyl (C=O) groups is 1. The summed E-state index contributed by atoms with van der Waals surface area (Å²) in [5.74, 6) is -0.578. The fraction of sp³-hybridized carbons (Fsp3) is 0.182. The third-order valence-electron chi connectivity index (χ3n) is 7.91. The van der Waals surface area contributed by atoms with Gasteiger partial charge >= 0.3 is 5.97 Å². The molecule has 5 aromatic rings. The van der Waals surface area contributed by atoms with E-state index >= 15 is 0 Å². The van der Waals surface area contributed by atoms with Gasteiger partial charge in [-0.1, -0.05) is 59.6 Å². The van der Waals surface area contributed by atoms with Crippen molar-refractivity contribution in [1.82, 2.24) is 14.3 Å². The van der Waals surface area contributed by atoms with E-state index in [4.69, 9.17) is 23.2 Å². The number of nitrogens with zero attached hydrogens (tertiary/aromatic N) is 3. The van der Waals surface area contributed by atoms with Gasteiger partial charge in [-0.3, -0.25) is 0 Å². The zero-order chi connectivity index (χ0) is 30.8. The minimum Gasteiger partial charge on any atom is -0.478 e. The smallest absolute Gasteiger partial charge is 0.335 e. The van der Waals surface area contributed by atoms with Crippen molar-refractivity contribution in [2.45, 2.75) is 29.7 Å². The summed E-state index contributed by atoms with van der Waals surface area (Å²) in [6.45, 7) is 0.585. The SMILES string of the molecule is O=C(O)c1cccc(S(=O)(=O)N2CCC(Nc3ncnc4ccc(C(c5ccc(Cl)cc5)c5ccc(Cl)cc5)cc34)CC2)c1. The summed E-state index contributed by atoms with van der Waals surface area (Å²) < 4.78 is 27.9. The van der Waals surface area contributed by atoms with Crippen LogP contribution in [-0.2, 0) is 10.0 Å². The number of fused-ring (bicyclic) bond motifs is 1. The van der Waals surface area contributed by atoms with Gasteiger partial charge in [0.15, 0.2) is 0 Å². The molecule has 4 aromatic carbocycles. The van der Waals surface area contributed by atoms with E-state index in [-0.39, 0.29) is 22.4 Å². The maximum absolute atomic E-state index is 13.3. The summed E-state index contributed by atoms with van der Waals surface area (Å²) in [7, 11) is -3.82. The number of hydrogen-bond donors (Lipinski definition) is 2. The summed E-state index contributed by atoms with van der Waals surface area (Å²) in [5.41, 5.74) is 3.92. The molecule has 0 atom stereocenters. The van der Waals surface area contributed by atoms with Gasteiger partial charge in [0.05, 0.1) is 16.0 Å². The Kier molecular flexibility index (Phi) is 8.55. The molecule has 6 rings (SSSR count). The average molecular weight is 648 g/mol. The fourth-order valence-corrected chi connectivity index (χ4v) is 7.40. The van der Waals surface area contributed by atoms with Crippen LogP contribution in [0.2, 0.25) is 10.0 Å². The molecule has 44 heavy (non-hydrogen) atoms. The quantitative estimate of drug-likeness (QED) is 0.173. The summed E-state index contributed by atoms with van der Waals surface area (Å²) >= 11 is 12.4. The second-order valence-electron chi connectivity index (χ2n) is 10.7. The summed E-state index contributed by atoms with van der Waals surface area (Å²) in [6.07, 6.45) is 2.64. The second-order valence-corrected chi connectivity index (χ2v) is 13.5. The van der Waals surface area contributed by atoms with Gasteiger partial charge in [-0.25, -0.2) is 23.2 Å². The number of hydrogen-bond acceptors (Lipinski definition) is 6. The van der Waals surface area contributed by atoms with Crippen LogP contribution >= 0.6 is 23.2 Å². The molecule has 0 spiro atoms. The van der Waals surface area contributed by atoms with Gasteiger partial charge in [0, 0.05) is 40.5 Å². The Morgan fingerprint density at radius 2 is 1.45 bits per heavy atom. The monoisotopic (exact) mass is 646 g/mol. The largest absolute Gasteiger partial charge is 0.478 e. The topological polar surface area (TPSA) is 112 Å². The molecule has 224 valence electrons. The van der Waals surface area contributed by atoms with Crippen molar-refractivity contribution >= 4 is 55.9 Å². The van der Waals surface area contributed by atoms with Crippen molar-refractivity contribution in [2.75, 3.05) is 18.4 Å². The van der Waals surface area contributed by atoms with Gasteiger partial charge in [-0.05, 0) is 84.1 Å². The first kappa shape index (κ1) is 30.0. The lowest BCUT2D eigenvalue weighted by molar-refractivity contribution is 0.0696. The minimum atomic E-state index is -3.82. The first-order valence-electron chi connectivity index (χ1n) is 14.0. The lowest BCUT2D eigenvalue weighted by Crippen LogP contribution is -2.42. The normalized spacial score (nSPS) is 14.6. The predicted octanol–water partition coefficient (Wildman–Crippen LogP) is 7.08. The van der Waals surface area contributed by atoms with Crippen molar-refractivity contribution in [1.29, 1.82) is 0 Å². The molecule has 0 aliphatic carbocycles. The number of anilines is 1. The number of rotatable bonds is 8. The highest BCUT2D eigenvalue weighted by atomic mass is 35.5. The van der Waals surface area contributed by atoms with Crippen LogP contribution in [0.1, 0.15) is 45.8 Å². The van der Waals surface area contributed by atoms with Crippen LogP contribution in [0.5, 0.6) is 0 Å². The Morgan fingerprint density at radius 3 is 2.07 bits per heavy atom. The van der Waals surface area contributed by atoms with Crippen LogP contribution in [0.4, 0.5) is 5.82 Å². The third kappa shape index (κ3) is 6.27. The van der Waals surface area contributed by atoms with E-state index in [1.807, 2.05) is 54.6 Å². The molecular formula is C33H28Cl2N4O4S. The van der Waals surface area contributed by atoms with E-state index in [9.17, 15) is 18.3 Å². The number of benzene rings is 4. The number of aromatic carboxylic acids is 1. The zero-order valence-corrected chi connectivity index (χ0v) is 25.7. The summed E-state index contributed by atoms with van der Waals surface area (Å²) in [5, 5.41) is 15.0. The number of piperidine rings is 1. The van der Waals surface area contributed by atoms with Crippen LogP contribution in [-0.4, -0.2) is 52.9 Å². The number of sulfonamides is 1. The number of carboxylic acids is 1. The first-order valence-corrected chi connectivity index (χ1v) is 16.2. The fourth-order valence-electron chi connectivity index (χ4n) is 5.63. The minimum absolute atomic E-state index is 0.0168. The van der Waals surface area contributed by atoms with Crippen molar-refractivity contribution in [3.8, 4) is 0 Å². The molecule has 1 aliphatic heterocycles. The number of nitrogens with one attached hydrogen (secondary N) is 1. The third-order valence-corrected chi connectivity index (χ3v) is 10.3. The molecule has 2 N–H and O–H groups in total. The highest BCUT2D eigenvalue weighted by Gasteiger charge is 2.30. The van der Waals surface area contributed by atoms with Crippen LogP contribution in [0.3, 0.4) is 0 Å². The Bertz CT molecular complexity index is 1880. The van der Waals surface area contributed by atoms with E-state index in [2.05, 4.69) is 27.4 Å². The number of carboxylic acid groups (broad SMARTS) is 1. The molecule has 0 bridgehead atoms. The average Bonchev–Trinajstić information content (AvgIpc) is 3.03. The molecule has 11 heteroatoms. The van der Waals surface area contributed by atoms with Crippen molar-refractivity contribution < 1.29 is 18.3 Å². The Balaban J connectivity index is 1.25. The van der Waals surface area contributed by atoms with Gasteiger partial charge in [0.2, 0.25) is 10.0 Å². The van der Waals surface area contributed by atoms with Gasteiger partial charge in [-0.2, -0.15) is 4.31 Å². The lowest BCUT2D eigenvalue weighted by atomic mass is 9.84. The molecule has 1 fully saturated rings. The molecule has 1 aliphatic rings. The summed E-state index contributed by atoms with van der Waals surface area (Å²) in [4.78, 5) is 20.4. The summed E-state index contributed by atoms with van der Waals surface area (Å²) in [6, 6.07) is 27.2. The zero-order valence-electron chi connectivity index (χ0n) is 23.4. The maximum atomic E-state index is 13.3. The van der Waals surface area contributed by atoms with Crippen LogP contribution in [0.15, 0.2) is 102 Å². The molecule has 1 aromatic heterocycles. The Morgan fingerprint density at radius 1 is 0.841 bits per heavy atom. The molecule has 0 unspecified atom stereocenters. The van der Waals surface area contributed by atoms with Gasteiger partial charge < -0.3 is 10.4 Å². The maximum Gasteiger partial charge on any atom is 0.335 e. The molecular weight excluding hydrogens is 619 g/mol. The highest BCUT2D eigenvalue weighted by molar-refractivity contribution is 7.89. The molecule has 0 saturated carbocycles. The lowest BCUT2D eigenvalue weighted by Gasteiger charge is -2.32. The van der Waals surface area contributed by atoms with Crippen LogP contribution in [0.25, 0.3) is 10.9 Å². The molecule has 1 saturated heterocycles. The molecule has 0 radical (unpaired) electrons. The van der Waals surface area contributed by atoms with Gasteiger partial charge in [-0.15, -0.1) is 0 Å². The van der Waals surface area contributed by atoms with Crippen LogP contribution < -0.4 is 5.32 Å². The molecule has 8 nitrogen and oxygen atoms in total. The Labute approximate surface area is 265 Å².